The van der Waals surface area contributed by atoms with Gasteiger partial charge in [-0.25, -0.2) is 0 Å². The molecule has 7 heteroatoms. The van der Waals surface area contributed by atoms with Crippen LogP contribution in [0.4, 0.5) is 0 Å². The summed E-state index contributed by atoms with van der Waals surface area (Å²) in [7, 11) is 0. The molecule has 0 bridgehead atoms. The number of alkyl halides is 1. The van der Waals surface area contributed by atoms with Crippen LogP contribution in [0.2, 0.25) is 0 Å². The number of halogens is 1. The number of rotatable bonds is 5. The average molecular weight is 884 g/mol. The summed E-state index contributed by atoms with van der Waals surface area (Å²) in [5, 5.41) is 24.9. The average Bonchev–Trinajstić information content (AvgIpc) is 3.78. The van der Waals surface area contributed by atoms with Crippen molar-refractivity contribution in [3.8, 4) is 0 Å². The highest BCUT2D eigenvalue weighted by Crippen LogP contribution is 2.66. The molecule has 0 aromatic carbocycles. The first kappa shape index (κ1) is 45.2. The first-order valence-electron chi connectivity index (χ1n) is 25.7. The second-order valence-electron chi connectivity index (χ2n) is 23.9. The van der Waals surface area contributed by atoms with E-state index in [-0.39, 0.29) is 10.8 Å². The summed E-state index contributed by atoms with van der Waals surface area (Å²) >= 11 is 3.42. The van der Waals surface area contributed by atoms with Gasteiger partial charge in [0.25, 0.3) is 0 Å². The van der Waals surface area contributed by atoms with Gasteiger partial charge in [0.05, 0.1) is 23.1 Å². The highest BCUT2D eigenvalue weighted by Gasteiger charge is 2.60. The Morgan fingerprint density at radius 2 is 1.00 bits per heavy atom. The molecule has 336 valence electrons. The molecule has 0 aromatic rings. The van der Waals surface area contributed by atoms with Crippen molar-refractivity contribution in [3.05, 3.63) is 0 Å². The van der Waals surface area contributed by atoms with Crippen LogP contribution in [0.3, 0.4) is 0 Å². The summed E-state index contributed by atoms with van der Waals surface area (Å²) in [6.07, 6.45) is 30.0. The molecule has 3 N–H and O–H groups in total. The number of ketones is 2. The molecule has 10 rings (SSSR count). The zero-order valence-electron chi connectivity index (χ0n) is 38.2. The molecule has 0 radical (unpaired) electrons. The van der Waals surface area contributed by atoms with E-state index in [0.717, 1.165) is 117 Å². The minimum atomic E-state index is -0.420. The fraction of sp³-hybridized carbons (Fsp3) is 0.962. The van der Waals surface area contributed by atoms with Crippen LogP contribution in [0.1, 0.15) is 182 Å². The lowest BCUT2D eigenvalue weighted by Gasteiger charge is -2.57. The first-order valence-corrected chi connectivity index (χ1v) is 26.8. The lowest BCUT2D eigenvalue weighted by molar-refractivity contribution is -0.133. The predicted molar refractivity (Wildman–Crippen MR) is 243 cm³/mol. The summed E-state index contributed by atoms with van der Waals surface area (Å²) in [5.41, 5.74) is -0.311. The molecule has 10 fully saturated rings. The summed E-state index contributed by atoms with van der Waals surface area (Å²) in [5.74, 6) is 9.82. The number of aliphatic hydroxyl groups is 2. The summed E-state index contributed by atoms with van der Waals surface area (Å²) in [6.45, 7) is 14.5. The van der Waals surface area contributed by atoms with Crippen molar-refractivity contribution in [1.82, 2.24) is 10.2 Å². The SMILES string of the molecule is C1CCNCC1.C[C@@]1(O)CC[C@H]2[C@H](CC[C@@H]3[C@@H]2CC[C@]2(C)[C@@H](C(=O)CBr)CC[C@@H]32)C1.C[C@@]1(O)CC[C@H]2[C@H](CC[C@@H]3[C@@H]2CC[C@]2(C)[C@@H](C(=O)CN4CCCCC4)CC[C@@H]32)C1. The normalized spacial score (nSPS) is 49.1. The Labute approximate surface area is 368 Å². The third-order valence-corrected chi connectivity index (χ3v) is 21.0. The van der Waals surface area contributed by atoms with Crippen molar-refractivity contribution in [2.45, 2.75) is 193 Å². The van der Waals surface area contributed by atoms with Crippen LogP contribution in [0, 0.1) is 81.8 Å². The number of fused-ring (bicyclic) bond motifs is 10. The second kappa shape index (κ2) is 18.6. The molecule has 0 unspecified atom stereocenters. The third-order valence-electron chi connectivity index (χ3n) is 20.4. The van der Waals surface area contributed by atoms with Gasteiger partial charge in [0.2, 0.25) is 0 Å². The van der Waals surface area contributed by atoms with Gasteiger partial charge in [-0.2, -0.15) is 0 Å². The quantitative estimate of drug-likeness (QED) is 0.238. The fourth-order valence-electron chi connectivity index (χ4n) is 17.6. The molecule has 2 heterocycles. The van der Waals surface area contributed by atoms with Gasteiger partial charge in [-0.3, -0.25) is 14.5 Å². The Morgan fingerprint density at radius 1 is 0.542 bits per heavy atom. The summed E-state index contributed by atoms with van der Waals surface area (Å²) in [4.78, 5) is 28.3. The van der Waals surface area contributed by atoms with E-state index in [1.165, 1.54) is 129 Å². The standard InChI is InChI=1S/C26H43NO2.C21H33BrO2.C5H11N/c1-25(29)12-10-19-18(16-25)6-7-21-20(19)11-13-26(2)22(21)8-9-23(26)24(28)17-27-14-4-3-5-15-27;1-20(24)9-7-14-13(11-20)3-4-16-15(14)8-10-21(2)17(16)5-6-18(21)19(23)12-22;1-2-4-6-5-3-1/h18-23,29H,3-17H2,1-2H3;13-18,24H,3-12H2,1-2H3;6H,1-5H2/t18-,19+,20-,21-,22+,23-,25-,26+;13-,14+,15-,16-,17+,18-,20-,21+;/m11./s1. The monoisotopic (exact) mass is 883 g/mol. The van der Waals surface area contributed by atoms with Gasteiger partial charge in [0.1, 0.15) is 11.6 Å². The Kier molecular flexibility index (Phi) is 14.3. The molecule has 2 aliphatic heterocycles. The molecule has 59 heavy (non-hydrogen) atoms. The molecule has 6 nitrogen and oxygen atoms in total. The Morgan fingerprint density at radius 3 is 1.44 bits per heavy atom. The number of nitrogens with zero attached hydrogens (tertiary/aromatic N) is 1. The molecule has 0 aromatic heterocycles. The number of hydrogen-bond acceptors (Lipinski definition) is 6. The van der Waals surface area contributed by atoms with Crippen molar-refractivity contribution in [1.29, 1.82) is 0 Å². The maximum absolute atomic E-state index is 13.4. The first-order chi connectivity index (χ1) is 28.2. The van der Waals surface area contributed by atoms with E-state index in [0.29, 0.717) is 28.7 Å². The van der Waals surface area contributed by atoms with Gasteiger partial charge in [0, 0.05) is 11.8 Å². The van der Waals surface area contributed by atoms with Crippen LogP contribution in [-0.4, -0.2) is 75.9 Å². The molecule has 8 aliphatic carbocycles. The van der Waals surface area contributed by atoms with Crippen LogP contribution in [0.25, 0.3) is 0 Å². The van der Waals surface area contributed by atoms with E-state index in [2.05, 4.69) is 46.9 Å². The largest absolute Gasteiger partial charge is 0.390 e. The van der Waals surface area contributed by atoms with Gasteiger partial charge in [-0.05, 0) is 251 Å². The third kappa shape index (κ3) is 9.43. The van der Waals surface area contributed by atoms with Crippen molar-refractivity contribution in [2.24, 2.45) is 81.8 Å². The lowest BCUT2D eigenvalue weighted by Crippen LogP contribution is -2.51. The smallest absolute Gasteiger partial charge is 0.150 e. The molecule has 0 amide bonds. The van der Waals surface area contributed by atoms with Crippen molar-refractivity contribution in [2.75, 3.05) is 38.1 Å². The Hall–Kier alpha value is -0.340. The van der Waals surface area contributed by atoms with E-state index in [9.17, 15) is 19.8 Å². The molecule has 0 spiro atoms. The molecule has 8 saturated carbocycles. The van der Waals surface area contributed by atoms with E-state index in [4.69, 9.17) is 0 Å². The summed E-state index contributed by atoms with van der Waals surface area (Å²) in [6, 6.07) is 0. The molecule has 16 atom stereocenters. The zero-order chi connectivity index (χ0) is 41.6. The number of Topliss-reactive ketones (excluding diaryl/α,β-unsaturated/α-hetero) is 2. The topological polar surface area (TPSA) is 89.9 Å². The van der Waals surface area contributed by atoms with Crippen LogP contribution in [-0.2, 0) is 9.59 Å². The van der Waals surface area contributed by atoms with E-state index in [1.807, 2.05) is 6.92 Å². The zero-order valence-corrected chi connectivity index (χ0v) is 39.8. The minimum absolute atomic E-state index is 0.263. The van der Waals surface area contributed by atoms with Gasteiger partial charge in [-0.1, -0.05) is 42.6 Å². The van der Waals surface area contributed by atoms with E-state index < -0.39 is 11.2 Å². The lowest BCUT2D eigenvalue weighted by atomic mass is 9.49. The summed E-state index contributed by atoms with van der Waals surface area (Å²) < 4.78 is 0. The second-order valence-corrected chi connectivity index (χ2v) is 24.5. The van der Waals surface area contributed by atoms with Crippen LogP contribution >= 0.6 is 15.9 Å². The van der Waals surface area contributed by atoms with E-state index >= 15 is 0 Å². The van der Waals surface area contributed by atoms with Crippen molar-refractivity contribution in [3.63, 3.8) is 0 Å². The highest BCUT2D eigenvalue weighted by atomic mass is 79.9. The maximum Gasteiger partial charge on any atom is 0.150 e. The highest BCUT2D eigenvalue weighted by molar-refractivity contribution is 9.09. The van der Waals surface area contributed by atoms with Crippen molar-refractivity contribution >= 4 is 27.5 Å². The molecular weight excluding hydrogens is 796 g/mol. The van der Waals surface area contributed by atoms with Crippen LogP contribution < -0.4 is 5.32 Å². The number of hydrogen-bond donors (Lipinski definition) is 3. The van der Waals surface area contributed by atoms with Crippen molar-refractivity contribution < 1.29 is 19.8 Å². The number of carbonyl (C=O) groups excluding carboxylic acids is 2. The Bertz CT molecular complexity index is 1430. The molecule has 2 saturated heterocycles. The predicted octanol–water partition coefficient (Wildman–Crippen LogP) is 10.8. The number of likely N-dealkylation sites (tertiary alicyclic amines) is 1. The van der Waals surface area contributed by atoms with Gasteiger partial charge in [0.15, 0.2) is 0 Å². The van der Waals surface area contributed by atoms with Gasteiger partial charge >= 0.3 is 0 Å². The molecular formula is C52H87BrN2O4. The van der Waals surface area contributed by atoms with Crippen LogP contribution in [0.15, 0.2) is 0 Å². The number of nitrogens with one attached hydrogen (secondary N) is 1. The van der Waals surface area contributed by atoms with E-state index in [1.54, 1.807) is 0 Å². The fourth-order valence-corrected chi connectivity index (χ4v) is 18.0. The number of carbonyl (C=O) groups is 2. The van der Waals surface area contributed by atoms with Gasteiger partial charge < -0.3 is 15.5 Å². The molecule has 10 aliphatic rings. The van der Waals surface area contributed by atoms with Gasteiger partial charge in [-0.15, -0.1) is 0 Å². The number of piperidine rings is 2. The maximum atomic E-state index is 13.4. The minimum Gasteiger partial charge on any atom is -0.390 e. The Balaban J connectivity index is 0.000000146. The van der Waals surface area contributed by atoms with Crippen LogP contribution in [0.5, 0.6) is 0 Å².